The maximum absolute atomic E-state index is 5.49. The van der Waals surface area contributed by atoms with Gasteiger partial charge in [-0.15, -0.1) is 16.4 Å². The second-order valence-electron chi connectivity index (χ2n) is 4.10. The van der Waals surface area contributed by atoms with Gasteiger partial charge in [-0.25, -0.2) is 9.67 Å². The maximum atomic E-state index is 5.49. The zero-order valence-electron chi connectivity index (χ0n) is 10.2. The van der Waals surface area contributed by atoms with Crippen LogP contribution < -0.4 is 5.73 Å². The van der Waals surface area contributed by atoms with E-state index in [-0.39, 0.29) is 0 Å². The largest absolute Gasteiger partial charge is 0.330 e. The van der Waals surface area contributed by atoms with Crippen LogP contribution in [0.2, 0.25) is 0 Å². The van der Waals surface area contributed by atoms with Crippen LogP contribution >= 0.6 is 22.7 Å². The van der Waals surface area contributed by atoms with E-state index in [1.807, 2.05) is 6.20 Å². The van der Waals surface area contributed by atoms with E-state index >= 15 is 0 Å². The smallest absolute Gasteiger partial charge is 0.124 e. The minimum Gasteiger partial charge on any atom is -0.330 e. The molecule has 0 spiro atoms. The second kappa shape index (κ2) is 5.60. The number of nitrogens with zero attached hydrogens (tertiary/aromatic N) is 4. The molecule has 0 radical (unpaired) electrons. The monoisotopic (exact) mass is 291 g/mol. The van der Waals surface area contributed by atoms with Crippen molar-refractivity contribution in [3.63, 3.8) is 0 Å². The van der Waals surface area contributed by atoms with Crippen LogP contribution in [0, 0.1) is 0 Å². The Hall–Kier alpha value is -1.57. The molecule has 3 aromatic heterocycles. The van der Waals surface area contributed by atoms with E-state index in [1.54, 1.807) is 27.4 Å². The van der Waals surface area contributed by atoms with E-state index in [0.29, 0.717) is 13.1 Å². The van der Waals surface area contributed by atoms with Crippen LogP contribution in [-0.2, 0) is 13.0 Å². The highest BCUT2D eigenvalue weighted by Gasteiger charge is 2.07. The lowest BCUT2D eigenvalue weighted by molar-refractivity contribution is 0.641. The van der Waals surface area contributed by atoms with Crippen molar-refractivity contribution in [1.29, 1.82) is 0 Å². The molecule has 98 valence electrons. The second-order valence-corrected chi connectivity index (χ2v) is 5.74. The average Bonchev–Trinajstić information content (AvgIpc) is 3.10. The lowest BCUT2D eigenvalue weighted by Crippen LogP contribution is -2.03. The molecule has 0 aliphatic heterocycles. The Kier molecular flexibility index (Phi) is 3.67. The highest BCUT2D eigenvalue weighted by Crippen LogP contribution is 2.25. The summed E-state index contributed by atoms with van der Waals surface area (Å²) in [6, 6.07) is 2.09. The molecule has 0 bridgehead atoms. The number of aromatic nitrogens is 4. The maximum Gasteiger partial charge on any atom is 0.124 e. The summed E-state index contributed by atoms with van der Waals surface area (Å²) < 4.78 is 1.80. The summed E-state index contributed by atoms with van der Waals surface area (Å²) in [6.07, 6.45) is 2.69. The van der Waals surface area contributed by atoms with Gasteiger partial charge in [0.2, 0.25) is 0 Å². The van der Waals surface area contributed by atoms with Crippen molar-refractivity contribution in [2.24, 2.45) is 5.73 Å². The van der Waals surface area contributed by atoms with Gasteiger partial charge in [-0.2, -0.15) is 11.3 Å². The third-order valence-corrected chi connectivity index (χ3v) is 4.25. The molecule has 5 nitrogen and oxygen atoms in total. The van der Waals surface area contributed by atoms with Crippen LogP contribution in [0.1, 0.15) is 11.4 Å². The summed E-state index contributed by atoms with van der Waals surface area (Å²) in [5.74, 6) is 0. The summed E-state index contributed by atoms with van der Waals surface area (Å²) in [5.41, 5.74) is 8.61. The molecular weight excluding hydrogens is 278 g/mol. The molecule has 3 rings (SSSR count). The lowest BCUT2D eigenvalue weighted by atomic mass is 10.3. The van der Waals surface area contributed by atoms with E-state index < -0.39 is 0 Å². The van der Waals surface area contributed by atoms with Gasteiger partial charge in [0, 0.05) is 28.9 Å². The summed E-state index contributed by atoms with van der Waals surface area (Å²) in [4.78, 5) is 4.62. The normalized spacial score (nSPS) is 11.0. The zero-order valence-corrected chi connectivity index (χ0v) is 11.8. The van der Waals surface area contributed by atoms with Crippen molar-refractivity contribution in [1.82, 2.24) is 20.0 Å². The van der Waals surface area contributed by atoms with Gasteiger partial charge >= 0.3 is 0 Å². The summed E-state index contributed by atoms with van der Waals surface area (Å²) in [5, 5.41) is 15.4. The highest BCUT2D eigenvalue weighted by molar-refractivity contribution is 7.14. The number of thiazole rings is 1. The predicted molar refractivity (Wildman–Crippen MR) is 77.3 cm³/mol. The quantitative estimate of drug-likeness (QED) is 0.780. The average molecular weight is 291 g/mol. The van der Waals surface area contributed by atoms with Gasteiger partial charge < -0.3 is 5.73 Å². The summed E-state index contributed by atoms with van der Waals surface area (Å²) in [6.45, 7) is 1.25. The van der Waals surface area contributed by atoms with Crippen molar-refractivity contribution in [2.45, 2.75) is 13.0 Å². The molecule has 0 fully saturated rings. The van der Waals surface area contributed by atoms with Crippen molar-refractivity contribution in [3.05, 3.63) is 39.8 Å². The Morgan fingerprint density at radius 3 is 3.00 bits per heavy atom. The van der Waals surface area contributed by atoms with Crippen molar-refractivity contribution in [3.8, 4) is 10.6 Å². The molecule has 0 saturated heterocycles. The molecular formula is C12H13N5S2. The van der Waals surface area contributed by atoms with Gasteiger partial charge in [0.15, 0.2) is 0 Å². The van der Waals surface area contributed by atoms with Crippen LogP contribution in [-0.4, -0.2) is 26.5 Å². The summed E-state index contributed by atoms with van der Waals surface area (Å²) >= 11 is 3.34. The Labute approximate surface area is 118 Å². The zero-order chi connectivity index (χ0) is 13.1. The topological polar surface area (TPSA) is 69.6 Å². The molecule has 0 saturated carbocycles. The fourth-order valence-electron chi connectivity index (χ4n) is 1.74. The Bertz CT molecular complexity index is 641. The Balaban J connectivity index is 1.72. The molecule has 19 heavy (non-hydrogen) atoms. The van der Waals surface area contributed by atoms with Gasteiger partial charge in [-0.1, -0.05) is 5.21 Å². The molecule has 0 atom stereocenters. The van der Waals surface area contributed by atoms with Gasteiger partial charge in [0.05, 0.1) is 17.9 Å². The van der Waals surface area contributed by atoms with Crippen LogP contribution in [0.15, 0.2) is 28.4 Å². The molecule has 7 heteroatoms. The Morgan fingerprint density at radius 2 is 2.21 bits per heavy atom. The van der Waals surface area contributed by atoms with Gasteiger partial charge in [0.1, 0.15) is 5.01 Å². The van der Waals surface area contributed by atoms with Crippen LogP contribution in [0.3, 0.4) is 0 Å². The van der Waals surface area contributed by atoms with Crippen molar-refractivity contribution < 1.29 is 0 Å². The molecule has 3 heterocycles. The molecule has 0 aromatic carbocycles. The third kappa shape index (κ3) is 2.89. The third-order valence-electron chi connectivity index (χ3n) is 2.63. The van der Waals surface area contributed by atoms with Crippen molar-refractivity contribution >= 4 is 22.7 Å². The summed E-state index contributed by atoms with van der Waals surface area (Å²) in [7, 11) is 0. The van der Waals surface area contributed by atoms with Crippen molar-refractivity contribution in [2.75, 3.05) is 6.54 Å². The molecule has 2 N–H and O–H groups in total. The van der Waals surface area contributed by atoms with E-state index in [1.165, 1.54) is 5.56 Å². The Morgan fingerprint density at radius 1 is 1.26 bits per heavy atom. The first kappa shape index (κ1) is 12.5. The van der Waals surface area contributed by atoms with Crippen LogP contribution in [0.4, 0.5) is 0 Å². The molecule has 0 aliphatic carbocycles. The number of hydrogen-bond donors (Lipinski definition) is 1. The number of hydrogen-bond acceptors (Lipinski definition) is 6. The minimum absolute atomic E-state index is 0.595. The number of rotatable bonds is 5. The highest BCUT2D eigenvalue weighted by atomic mass is 32.1. The van der Waals surface area contributed by atoms with E-state index in [2.05, 4.69) is 37.5 Å². The van der Waals surface area contributed by atoms with Gasteiger partial charge in [0.25, 0.3) is 0 Å². The predicted octanol–water partition coefficient (Wildman–Crippen LogP) is 2.01. The first-order valence-corrected chi connectivity index (χ1v) is 7.73. The van der Waals surface area contributed by atoms with Gasteiger partial charge in [-0.3, -0.25) is 0 Å². The lowest BCUT2D eigenvalue weighted by Gasteiger charge is -1.95. The SMILES string of the molecule is NCCc1cn(Cc2csc(-c3ccsc3)n2)nn1. The fraction of sp³-hybridized carbons (Fsp3) is 0.250. The number of nitrogens with two attached hydrogens (primary N) is 1. The van der Waals surface area contributed by atoms with Crippen LogP contribution in [0.5, 0.6) is 0 Å². The molecule has 0 unspecified atom stereocenters. The first-order valence-electron chi connectivity index (χ1n) is 5.91. The molecule has 0 aliphatic rings. The number of thiophene rings is 1. The van der Waals surface area contributed by atoms with E-state index in [4.69, 9.17) is 5.73 Å². The minimum atomic E-state index is 0.595. The molecule has 0 amide bonds. The first-order chi connectivity index (χ1) is 9.35. The van der Waals surface area contributed by atoms with Gasteiger partial charge in [-0.05, 0) is 18.0 Å². The fourth-order valence-corrected chi connectivity index (χ4v) is 3.27. The van der Waals surface area contributed by atoms with Crippen LogP contribution in [0.25, 0.3) is 10.6 Å². The van der Waals surface area contributed by atoms with E-state index in [9.17, 15) is 0 Å². The van der Waals surface area contributed by atoms with E-state index in [0.717, 1.165) is 22.8 Å². The molecule has 3 aromatic rings. The standard InChI is InChI=1S/C12H13N5S2/c13-3-1-10-5-17(16-15-10)6-11-8-19-12(14-11)9-2-4-18-7-9/h2,4-5,7-8H,1,3,6,13H2.